The first-order chi connectivity index (χ1) is 13.0. The fraction of sp³-hybridized carbons (Fsp3) is 0.632. The molecule has 158 valence electrons. The van der Waals surface area contributed by atoms with Crippen LogP contribution >= 0.6 is 0 Å². The highest BCUT2D eigenvalue weighted by Gasteiger charge is 2.36. The third kappa shape index (κ3) is 5.08. The molecule has 1 heterocycles. The second-order valence-electron chi connectivity index (χ2n) is 8.06. The van der Waals surface area contributed by atoms with Crippen molar-refractivity contribution < 1.29 is 22.7 Å². The van der Waals surface area contributed by atoms with E-state index in [9.17, 15) is 22.7 Å². The van der Waals surface area contributed by atoms with Gasteiger partial charge in [0.1, 0.15) is 16.8 Å². The molecule has 1 aromatic rings. The molecule has 1 aliphatic heterocycles. The quantitative estimate of drug-likeness (QED) is 0.695. The molecule has 2 N–H and O–H groups in total. The number of aliphatic hydroxyl groups excluding tert-OH is 1. The van der Waals surface area contributed by atoms with Crippen LogP contribution in [0.2, 0.25) is 0 Å². The van der Waals surface area contributed by atoms with Crippen LogP contribution in [-0.4, -0.2) is 73.6 Å². The Balaban J connectivity index is 2.12. The minimum Gasteiger partial charge on any atom is -0.394 e. The van der Waals surface area contributed by atoms with Gasteiger partial charge in [-0.3, -0.25) is 9.69 Å². The third-order valence-electron chi connectivity index (χ3n) is 5.18. The average molecular weight is 416 g/mol. The average Bonchev–Trinajstić information content (AvgIpc) is 2.65. The Labute approximate surface area is 166 Å². The summed E-state index contributed by atoms with van der Waals surface area (Å²) < 4.78 is 41.6. The fourth-order valence-corrected chi connectivity index (χ4v) is 4.61. The number of aliphatic hydroxyl groups is 1. The van der Waals surface area contributed by atoms with E-state index in [1.807, 2.05) is 13.8 Å². The maximum atomic E-state index is 13.9. The zero-order valence-corrected chi connectivity index (χ0v) is 17.7. The molecule has 1 aliphatic rings. The van der Waals surface area contributed by atoms with Gasteiger partial charge in [0.15, 0.2) is 0 Å². The first-order valence-corrected chi connectivity index (χ1v) is 10.9. The molecule has 1 aromatic carbocycles. The number of piperazine rings is 1. The van der Waals surface area contributed by atoms with Gasteiger partial charge in [-0.2, -0.15) is 4.72 Å². The largest absolute Gasteiger partial charge is 0.394 e. The van der Waals surface area contributed by atoms with Gasteiger partial charge in [-0.05, 0) is 31.9 Å². The molecule has 2 rings (SSSR count). The maximum Gasteiger partial charge on any atom is 0.244 e. The van der Waals surface area contributed by atoms with Crippen LogP contribution in [-0.2, 0) is 14.8 Å². The van der Waals surface area contributed by atoms with E-state index in [0.717, 1.165) is 6.07 Å². The van der Waals surface area contributed by atoms with Crippen molar-refractivity contribution in [2.45, 2.75) is 44.2 Å². The molecule has 7 nitrogen and oxygen atoms in total. The summed E-state index contributed by atoms with van der Waals surface area (Å²) in [5.41, 5.74) is -0.376. The number of nitrogens with zero attached hydrogens (tertiary/aromatic N) is 2. The molecule has 1 fully saturated rings. The van der Waals surface area contributed by atoms with Crippen molar-refractivity contribution in [1.29, 1.82) is 0 Å². The SMILES string of the molecule is CC(C)[C@H](NS(=O)(=O)c1ccccc1F)C(=O)N1CCN(C(C)(C)CO)CC1. The number of hydrogen-bond donors (Lipinski definition) is 2. The number of sulfonamides is 1. The van der Waals surface area contributed by atoms with Crippen LogP contribution in [0, 0.1) is 11.7 Å². The Morgan fingerprint density at radius 3 is 2.29 bits per heavy atom. The molecule has 0 saturated carbocycles. The zero-order valence-electron chi connectivity index (χ0n) is 16.9. The van der Waals surface area contributed by atoms with E-state index in [1.54, 1.807) is 18.7 Å². The Kier molecular flexibility index (Phi) is 7.19. The fourth-order valence-electron chi connectivity index (χ4n) is 3.19. The first-order valence-electron chi connectivity index (χ1n) is 9.41. The lowest BCUT2D eigenvalue weighted by Gasteiger charge is -2.44. The van der Waals surface area contributed by atoms with Crippen LogP contribution in [0.4, 0.5) is 4.39 Å². The van der Waals surface area contributed by atoms with Crippen LogP contribution in [0.5, 0.6) is 0 Å². The molecular weight excluding hydrogens is 385 g/mol. The second-order valence-corrected chi connectivity index (χ2v) is 9.74. The topological polar surface area (TPSA) is 90.0 Å². The highest BCUT2D eigenvalue weighted by molar-refractivity contribution is 7.89. The first kappa shape index (κ1) is 22.7. The summed E-state index contributed by atoms with van der Waals surface area (Å²) in [4.78, 5) is 16.3. The molecule has 9 heteroatoms. The number of benzene rings is 1. The van der Waals surface area contributed by atoms with Gasteiger partial charge in [-0.25, -0.2) is 12.8 Å². The Hall–Kier alpha value is -1.55. The Bertz CT molecular complexity index is 790. The van der Waals surface area contributed by atoms with E-state index in [-0.39, 0.29) is 24.0 Å². The minimum atomic E-state index is -4.17. The van der Waals surface area contributed by atoms with E-state index < -0.39 is 26.8 Å². The van der Waals surface area contributed by atoms with Crippen molar-refractivity contribution in [2.75, 3.05) is 32.8 Å². The van der Waals surface area contributed by atoms with Crippen LogP contribution in [0.15, 0.2) is 29.2 Å². The number of hydrogen-bond acceptors (Lipinski definition) is 5. The minimum absolute atomic E-state index is 0.0119. The number of carbonyl (C=O) groups excluding carboxylic acids is 1. The van der Waals surface area contributed by atoms with Crippen molar-refractivity contribution in [3.63, 3.8) is 0 Å². The lowest BCUT2D eigenvalue weighted by molar-refractivity contribution is -0.136. The summed E-state index contributed by atoms with van der Waals surface area (Å²) in [6.07, 6.45) is 0. The predicted octanol–water partition coefficient (Wildman–Crippen LogP) is 1.04. The van der Waals surface area contributed by atoms with E-state index in [2.05, 4.69) is 9.62 Å². The molecule has 0 spiro atoms. The molecule has 0 bridgehead atoms. The molecule has 0 radical (unpaired) electrons. The highest BCUT2D eigenvalue weighted by atomic mass is 32.2. The van der Waals surface area contributed by atoms with Gasteiger partial charge in [-0.1, -0.05) is 26.0 Å². The molecular formula is C19H30FN3O4S. The number of carbonyl (C=O) groups is 1. The molecule has 1 amide bonds. The summed E-state index contributed by atoms with van der Waals surface area (Å²) in [5.74, 6) is -1.48. The van der Waals surface area contributed by atoms with Gasteiger partial charge in [0.25, 0.3) is 0 Å². The molecule has 0 unspecified atom stereocenters. The summed E-state index contributed by atoms with van der Waals surface area (Å²) in [5, 5.41) is 9.51. The molecule has 28 heavy (non-hydrogen) atoms. The van der Waals surface area contributed by atoms with Crippen molar-refractivity contribution in [3.8, 4) is 0 Å². The van der Waals surface area contributed by atoms with Crippen LogP contribution in [0.1, 0.15) is 27.7 Å². The van der Waals surface area contributed by atoms with E-state index >= 15 is 0 Å². The zero-order chi connectivity index (χ0) is 21.1. The monoisotopic (exact) mass is 415 g/mol. The normalized spacial score (nSPS) is 17.8. The summed E-state index contributed by atoms with van der Waals surface area (Å²) >= 11 is 0. The van der Waals surface area contributed by atoms with Crippen molar-refractivity contribution in [2.24, 2.45) is 5.92 Å². The van der Waals surface area contributed by atoms with Crippen LogP contribution in [0.3, 0.4) is 0 Å². The number of amides is 1. The van der Waals surface area contributed by atoms with Gasteiger partial charge in [0.05, 0.1) is 6.61 Å². The third-order valence-corrected chi connectivity index (χ3v) is 6.65. The Morgan fingerprint density at radius 1 is 1.21 bits per heavy atom. The van der Waals surface area contributed by atoms with Gasteiger partial charge in [-0.15, -0.1) is 0 Å². The smallest absolute Gasteiger partial charge is 0.244 e. The van der Waals surface area contributed by atoms with Gasteiger partial charge in [0, 0.05) is 31.7 Å². The number of nitrogens with one attached hydrogen (secondary N) is 1. The highest BCUT2D eigenvalue weighted by Crippen LogP contribution is 2.19. The number of rotatable bonds is 7. The Morgan fingerprint density at radius 2 is 1.79 bits per heavy atom. The summed E-state index contributed by atoms with van der Waals surface area (Å²) in [6.45, 7) is 9.43. The molecule has 0 aliphatic carbocycles. The lowest BCUT2D eigenvalue weighted by atomic mass is 10.0. The summed E-state index contributed by atoms with van der Waals surface area (Å²) in [6, 6.07) is 4.11. The number of halogens is 1. The van der Waals surface area contributed by atoms with Crippen molar-refractivity contribution >= 4 is 15.9 Å². The van der Waals surface area contributed by atoms with E-state index in [1.165, 1.54) is 18.2 Å². The van der Waals surface area contributed by atoms with Crippen molar-refractivity contribution in [3.05, 3.63) is 30.1 Å². The molecule has 1 atom stereocenters. The molecule has 0 aromatic heterocycles. The van der Waals surface area contributed by atoms with Crippen LogP contribution < -0.4 is 4.72 Å². The van der Waals surface area contributed by atoms with Crippen LogP contribution in [0.25, 0.3) is 0 Å². The summed E-state index contributed by atoms with van der Waals surface area (Å²) in [7, 11) is -4.17. The molecule has 1 saturated heterocycles. The van der Waals surface area contributed by atoms with E-state index in [0.29, 0.717) is 26.2 Å². The standard InChI is InChI=1S/C19H30FN3O4S/c1-14(2)17(21-28(26,27)16-8-6-5-7-15(16)20)18(25)22-9-11-23(12-10-22)19(3,4)13-24/h5-8,14,17,21,24H,9-13H2,1-4H3/t17-/m0/s1. The maximum absolute atomic E-state index is 13.9. The van der Waals surface area contributed by atoms with Gasteiger partial charge < -0.3 is 10.0 Å². The second kappa shape index (κ2) is 8.86. The van der Waals surface area contributed by atoms with Gasteiger partial charge >= 0.3 is 0 Å². The van der Waals surface area contributed by atoms with Gasteiger partial charge in [0.2, 0.25) is 15.9 Å². The predicted molar refractivity (Wildman–Crippen MR) is 105 cm³/mol. The van der Waals surface area contributed by atoms with E-state index in [4.69, 9.17) is 0 Å². The lowest BCUT2D eigenvalue weighted by Crippen LogP contribution is -2.60. The van der Waals surface area contributed by atoms with Crippen molar-refractivity contribution in [1.82, 2.24) is 14.5 Å².